The van der Waals surface area contributed by atoms with E-state index in [2.05, 4.69) is 12.2 Å². The maximum Gasteiger partial charge on any atom is 0.266 e. The highest BCUT2D eigenvalue weighted by Gasteiger charge is 2.02. The zero-order valence-electron chi connectivity index (χ0n) is 13.8. The van der Waals surface area contributed by atoms with Crippen LogP contribution in [0.25, 0.3) is 0 Å². The molecule has 128 valence electrons. The standard InChI is InChI=1S/C16H35NO3S/c1-2-3-4-5-6-7-8-9-10-11-12-13-14-17-15-16-21(18,19)20/h17H,2-16H2,1H3,(H,18,19,20). The van der Waals surface area contributed by atoms with Gasteiger partial charge in [0.15, 0.2) is 0 Å². The summed E-state index contributed by atoms with van der Waals surface area (Å²) < 4.78 is 29.5. The van der Waals surface area contributed by atoms with Crippen LogP contribution in [0.2, 0.25) is 0 Å². The van der Waals surface area contributed by atoms with Gasteiger partial charge < -0.3 is 5.32 Å². The highest BCUT2D eigenvalue weighted by atomic mass is 32.2. The Bertz CT molecular complexity index is 305. The minimum atomic E-state index is -3.80. The molecule has 2 N–H and O–H groups in total. The molecule has 5 heteroatoms. The third kappa shape index (κ3) is 19.9. The van der Waals surface area contributed by atoms with Crippen molar-refractivity contribution in [2.24, 2.45) is 0 Å². The Morgan fingerprint density at radius 3 is 1.57 bits per heavy atom. The summed E-state index contributed by atoms with van der Waals surface area (Å²) >= 11 is 0. The number of rotatable bonds is 16. The first-order chi connectivity index (χ1) is 10.1. The van der Waals surface area contributed by atoms with E-state index >= 15 is 0 Å². The van der Waals surface area contributed by atoms with E-state index in [0.717, 1.165) is 13.0 Å². The Hall–Kier alpha value is -0.130. The molecule has 0 aromatic heterocycles. The van der Waals surface area contributed by atoms with Crippen LogP contribution in [-0.4, -0.2) is 31.8 Å². The number of hydrogen-bond acceptors (Lipinski definition) is 3. The molecule has 0 rings (SSSR count). The molecule has 0 aliphatic carbocycles. The zero-order chi connectivity index (χ0) is 15.8. The van der Waals surface area contributed by atoms with Gasteiger partial charge in [-0.15, -0.1) is 0 Å². The average Bonchev–Trinajstić information content (AvgIpc) is 2.42. The van der Waals surface area contributed by atoms with Gasteiger partial charge in [0.2, 0.25) is 0 Å². The van der Waals surface area contributed by atoms with Gasteiger partial charge in [-0.1, -0.05) is 77.6 Å². The lowest BCUT2D eigenvalue weighted by Gasteiger charge is -2.04. The normalized spacial score (nSPS) is 11.9. The first kappa shape index (κ1) is 20.9. The molecule has 0 fully saturated rings. The smallest absolute Gasteiger partial charge is 0.266 e. The third-order valence-corrected chi connectivity index (χ3v) is 4.46. The quantitative estimate of drug-likeness (QED) is 0.331. The largest absolute Gasteiger partial charge is 0.316 e. The summed E-state index contributed by atoms with van der Waals surface area (Å²) in [4.78, 5) is 0. The summed E-state index contributed by atoms with van der Waals surface area (Å²) in [5, 5.41) is 3.04. The predicted octanol–water partition coefficient (Wildman–Crippen LogP) is 4.16. The minimum Gasteiger partial charge on any atom is -0.316 e. The van der Waals surface area contributed by atoms with Gasteiger partial charge in [0.05, 0.1) is 5.75 Å². The van der Waals surface area contributed by atoms with Gasteiger partial charge in [-0.05, 0) is 13.0 Å². The van der Waals surface area contributed by atoms with E-state index in [1.807, 2.05) is 0 Å². The van der Waals surface area contributed by atoms with E-state index < -0.39 is 10.1 Å². The summed E-state index contributed by atoms with van der Waals surface area (Å²) in [6.07, 6.45) is 15.9. The maximum atomic E-state index is 10.5. The van der Waals surface area contributed by atoms with Crippen molar-refractivity contribution in [1.29, 1.82) is 0 Å². The predicted molar refractivity (Wildman–Crippen MR) is 90.4 cm³/mol. The molecule has 0 atom stereocenters. The third-order valence-electron chi connectivity index (χ3n) is 3.74. The van der Waals surface area contributed by atoms with Crippen LogP contribution in [0.15, 0.2) is 0 Å². The van der Waals surface area contributed by atoms with E-state index in [4.69, 9.17) is 4.55 Å². The Morgan fingerprint density at radius 2 is 1.14 bits per heavy atom. The van der Waals surface area contributed by atoms with Crippen molar-refractivity contribution < 1.29 is 13.0 Å². The van der Waals surface area contributed by atoms with Crippen molar-refractivity contribution >= 4 is 10.1 Å². The number of hydrogen-bond donors (Lipinski definition) is 2. The summed E-state index contributed by atoms with van der Waals surface area (Å²) in [6.45, 7) is 3.44. The van der Waals surface area contributed by atoms with Gasteiger partial charge in [-0.2, -0.15) is 8.42 Å². The Labute approximate surface area is 131 Å². The molecule has 0 aliphatic heterocycles. The molecule has 4 nitrogen and oxygen atoms in total. The van der Waals surface area contributed by atoms with Gasteiger partial charge in [0, 0.05) is 6.54 Å². The van der Waals surface area contributed by atoms with Crippen LogP contribution in [0.3, 0.4) is 0 Å². The van der Waals surface area contributed by atoms with Gasteiger partial charge in [0.25, 0.3) is 10.1 Å². The first-order valence-corrected chi connectivity index (χ1v) is 10.3. The Kier molecular flexibility index (Phi) is 14.7. The van der Waals surface area contributed by atoms with Crippen LogP contribution in [-0.2, 0) is 10.1 Å². The second kappa shape index (κ2) is 14.8. The molecule has 0 bridgehead atoms. The van der Waals surface area contributed by atoms with Crippen LogP contribution >= 0.6 is 0 Å². The van der Waals surface area contributed by atoms with E-state index in [-0.39, 0.29) is 5.75 Å². The van der Waals surface area contributed by atoms with Crippen LogP contribution in [0.1, 0.15) is 84.0 Å². The van der Waals surface area contributed by atoms with E-state index in [1.165, 1.54) is 70.6 Å². The lowest BCUT2D eigenvalue weighted by molar-refractivity contribution is 0.479. The van der Waals surface area contributed by atoms with Crippen molar-refractivity contribution in [3.8, 4) is 0 Å². The van der Waals surface area contributed by atoms with E-state index in [1.54, 1.807) is 0 Å². The molecular formula is C16H35NO3S. The van der Waals surface area contributed by atoms with Crippen molar-refractivity contribution in [1.82, 2.24) is 5.32 Å². The van der Waals surface area contributed by atoms with E-state index in [9.17, 15) is 8.42 Å². The van der Waals surface area contributed by atoms with Gasteiger partial charge in [-0.25, -0.2) is 0 Å². The maximum absolute atomic E-state index is 10.5. The molecule has 0 aliphatic rings. The average molecular weight is 322 g/mol. The zero-order valence-corrected chi connectivity index (χ0v) is 14.6. The fourth-order valence-electron chi connectivity index (χ4n) is 2.42. The molecule has 0 saturated heterocycles. The van der Waals surface area contributed by atoms with Crippen molar-refractivity contribution in [2.45, 2.75) is 84.0 Å². The van der Waals surface area contributed by atoms with Crippen LogP contribution in [0.4, 0.5) is 0 Å². The summed E-state index contributed by atoms with van der Waals surface area (Å²) in [7, 11) is -3.80. The van der Waals surface area contributed by atoms with Crippen molar-refractivity contribution in [2.75, 3.05) is 18.8 Å². The molecular weight excluding hydrogens is 286 g/mol. The lowest BCUT2D eigenvalue weighted by Crippen LogP contribution is -2.23. The van der Waals surface area contributed by atoms with Crippen LogP contribution < -0.4 is 5.32 Å². The number of nitrogens with one attached hydrogen (secondary N) is 1. The van der Waals surface area contributed by atoms with Gasteiger partial charge >= 0.3 is 0 Å². The fraction of sp³-hybridized carbons (Fsp3) is 1.00. The highest BCUT2D eigenvalue weighted by Crippen LogP contribution is 2.11. The molecule has 0 aromatic carbocycles. The second-order valence-electron chi connectivity index (χ2n) is 5.93. The molecule has 0 saturated carbocycles. The summed E-state index contributed by atoms with van der Waals surface area (Å²) in [5.41, 5.74) is 0. The van der Waals surface area contributed by atoms with Gasteiger partial charge in [0.1, 0.15) is 0 Å². The van der Waals surface area contributed by atoms with Crippen molar-refractivity contribution in [3.05, 3.63) is 0 Å². The SMILES string of the molecule is CCCCCCCCCCCCCCNCCS(=O)(=O)O. The van der Waals surface area contributed by atoms with E-state index in [0.29, 0.717) is 6.54 Å². The topological polar surface area (TPSA) is 66.4 Å². The Morgan fingerprint density at radius 1 is 0.714 bits per heavy atom. The molecule has 0 unspecified atom stereocenters. The summed E-state index contributed by atoms with van der Waals surface area (Å²) in [6, 6.07) is 0. The number of unbranched alkanes of at least 4 members (excludes halogenated alkanes) is 11. The highest BCUT2D eigenvalue weighted by molar-refractivity contribution is 7.85. The molecule has 0 heterocycles. The monoisotopic (exact) mass is 321 g/mol. The summed E-state index contributed by atoms with van der Waals surface area (Å²) in [5.74, 6) is -0.189. The van der Waals surface area contributed by atoms with Gasteiger partial charge in [-0.3, -0.25) is 4.55 Å². The fourth-order valence-corrected chi connectivity index (χ4v) is 2.82. The molecule has 0 amide bonds. The Balaban J connectivity index is 3.03. The van der Waals surface area contributed by atoms with Crippen LogP contribution in [0.5, 0.6) is 0 Å². The lowest BCUT2D eigenvalue weighted by atomic mass is 10.1. The van der Waals surface area contributed by atoms with Crippen molar-refractivity contribution in [3.63, 3.8) is 0 Å². The molecule has 0 aromatic rings. The molecule has 0 spiro atoms. The van der Waals surface area contributed by atoms with Crippen LogP contribution in [0, 0.1) is 0 Å². The second-order valence-corrected chi connectivity index (χ2v) is 7.50. The molecule has 21 heavy (non-hydrogen) atoms. The minimum absolute atomic E-state index is 0.189. The molecule has 0 radical (unpaired) electrons. The first-order valence-electron chi connectivity index (χ1n) is 8.72.